The molecule has 18 heavy (non-hydrogen) atoms. The van der Waals surface area contributed by atoms with E-state index in [-0.39, 0.29) is 11.9 Å². The van der Waals surface area contributed by atoms with Gasteiger partial charge in [0.1, 0.15) is 0 Å². The van der Waals surface area contributed by atoms with Crippen LogP contribution in [0.4, 0.5) is 5.13 Å². The molecule has 1 aromatic heterocycles. The Morgan fingerprint density at radius 1 is 1.50 bits per heavy atom. The van der Waals surface area contributed by atoms with Crippen molar-refractivity contribution in [1.29, 1.82) is 0 Å². The van der Waals surface area contributed by atoms with Crippen LogP contribution in [0.2, 0.25) is 0 Å². The summed E-state index contributed by atoms with van der Waals surface area (Å²) in [5.74, 6) is -0.0602. The Morgan fingerprint density at radius 3 is 3.00 bits per heavy atom. The molecule has 1 heterocycles. The van der Waals surface area contributed by atoms with Crippen LogP contribution in [0, 0.1) is 0 Å². The van der Waals surface area contributed by atoms with E-state index in [4.69, 9.17) is 5.73 Å². The number of nitrogens with zero attached hydrogens (tertiary/aromatic N) is 1. The van der Waals surface area contributed by atoms with E-state index in [9.17, 15) is 4.79 Å². The molecule has 1 amide bonds. The van der Waals surface area contributed by atoms with Gasteiger partial charge in [0.15, 0.2) is 5.13 Å². The molecule has 0 fully saturated rings. The summed E-state index contributed by atoms with van der Waals surface area (Å²) in [5.41, 5.74) is 6.75. The molecule has 3 N–H and O–H groups in total. The molecule has 96 valence electrons. The Bertz CT molecular complexity index is 505. The number of thiazole rings is 1. The van der Waals surface area contributed by atoms with Crippen LogP contribution >= 0.6 is 11.3 Å². The largest absolute Gasteiger partial charge is 0.327 e. The number of aromatic nitrogens is 1. The number of hydrogen-bond donors (Lipinski definition) is 2. The molecule has 0 saturated carbocycles. The van der Waals surface area contributed by atoms with E-state index < -0.39 is 0 Å². The quantitative estimate of drug-likeness (QED) is 0.871. The minimum absolute atomic E-state index is 0.0602. The van der Waals surface area contributed by atoms with Gasteiger partial charge in [-0.3, -0.25) is 4.79 Å². The normalized spacial score (nSPS) is 12.6. The van der Waals surface area contributed by atoms with Crippen molar-refractivity contribution < 1.29 is 4.79 Å². The van der Waals surface area contributed by atoms with E-state index >= 15 is 0 Å². The minimum Gasteiger partial charge on any atom is -0.327 e. The average Bonchev–Trinajstić information content (AvgIpc) is 2.70. The second-order valence-corrected chi connectivity index (χ2v) is 5.32. The van der Waals surface area contributed by atoms with Crippen LogP contribution in [-0.4, -0.2) is 16.9 Å². The minimum atomic E-state index is -0.0654. The Labute approximate surface area is 110 Å². The van der Waals surface area contributed by atoms with Crippen molar-refractivity contribution >= 4 is 32.6 Å². The van der Waals surface area contributed by atoms with Crippen LogP contribution in [0.25, 0.3) is 10.2 Å². The fraction of sp³-hybridized carbons (Fsp3) is 0.385. The zero-order valence-corrected chi connectivity index (χ0v) is 11.2. The standard InChI is InChI=1S/C13H17N3OS/c1-2-5-9(14)8-12(17)16-13-15-10-6-3-4-7-11(10)18-13/h3-4,6-7,9H,2,5,8,14H2,1H3,(H,15,16,17). The topological polar surface area (TPSA) is 68.0 Å². The number of rotatable bonds is 5. The summed E-state index contributed by atoms with van der Waals surface area (Å²) in [5, 5.41) is 3.45. The lowest BCUT2D eigenvalue weighted by atomic mass is 10.1. The molecule has 5 heteroatoms. The lowest BCUT2D eigenvalue weighted by molar-refractivity contribution is -0.116. The number of benzene rings is 1. The van der Waals surface area contributed by atoms with Crippen molar-refractivity contribution in [2.45, 2.75) is 32.2 Å². The molecular formula is C13H17N3OS. The zero-order chi connectivity index (χ0) is 13.0. The third-order valence-corrected chi connectivity index (χ3v) is 3.60. The molecule has 0 aliphatic carbocycles. The number of hydrogen-bond acceptors (Lipinski definition) is 4. The van der Waals surface area contributed by atoms with Crippen molar-refractivity contribution in [3.8, 4) is 0 Å². The molecular weight excluding hydrogens is 246 g/mol. The number of carbonyl (C=O) groups excluding carboxylic acids is 1. The van der Waals surface area contributed by atoms with Crippen LogP contribution in [0.15, 0.2) is 24.3 Å². The summed E-state index contributed by atoms with van der Waals surface area (Å²) >= 11 is 1.48. The lowest BCUT2D eigenvalue weighted by Crippen LogP contribution is -2.26. The van der Waals surface area contributed by atoms with Gasteiger partial charge in [0.2, 0.25) is 5.91 Å². The summed E-state index contributed by atoms with van der Waals surface area (Å²) in [7, 11) is 0. The SMILES string of the molecule is CCCC(N)CC(=O)Nc1nc2ccccc2s1. The first-order chi connectivity index (χ1) is 8.69. The van der Waals surface area contributed by atoms with E-state index in [1.807, 2.05) is 24.3 Å². The number of fused-ring (bicyclic) bond motifs is 1. The summed E-state index contributed by atoms with van der Waals surface area (Å²) in [4.78, 5) is 16.1. The van der Waals surface area contributed by atoms with E-state index in [1.165, 1.54) is 11.3 Å². The predicted octanol–water partition coefficient (Wildman–Crippen LogP) is 2.75. The lowest BCUT2D eigenvalue weighted by Gasteiger charge is -2.08. The molecule has 0 bridgehead atoms. The number of carbonyl (C=O) groups is 1. The first-order valence-corrected chi connectivity index (χ1v) is 6.91. The highest BCUT2D eigenvalue weighted by molar-refractivity contribution is 7.22. The molecule has 2 rings (SSSR count). The Hall–Kier alpha value is -1.46. The molecule has 0 saturated heterocycles. The molecule has 2 aromatic rings. The maximum Gasteiger partial charge on any atom is 0.227 e. The molecule has 0 radical (unpaired) electrons. The molecule has 1 unspecified atom stereocenters. The zero-order valence-electron chi connectivity index (χ0n) is 10.3. The third-order valence-electron chi connectivity index (χ3n) is 2.65. The second kappa shape index (κ2) is 5.93. The highest BCUT2D eigenvalue weighted by Crippen LogP contribution is 2.25. The Kier molecular flexibility index (Phi) is 4.28. The van der Waals surface area contributed by atoms with Gasteiger partial charge in [-0.25, -0.2) is 4.98 Å². The van der Waals surface area contributed by atoms with Crippen LogP contribution in [0.1, 0.15) is 26.2 Å². The number of nitrogens with two attached hydrogens (primary N) is 1. The number of para-hydroxylation sites is 1. The van der Waals surface area contributed by atoms with Crippen LogP contribution in [0.3, 0.4) is 0 Å². The maximum atomic E-state index is 11.8. The summed E-state index contributed by atoms with van der Waals surface area (Å²) < 4.78 is 1.07. The number of amides is 1. The van der Waals surface area contributed by atoms with Gasteiger partial charge in [0, 0.05) is 12.5 Å². The smallest absolute Gasteiger partial charge is 0.227 e. The van der Waals surface area contributed by atoms with E-state index in [0.29, 0.717) is 11.6 Å². The summed E-state index contributed by atoms with van der Waals surface area (Å²) in [6.07, 6.45) is 2.21. The van der Waals surface area contributed by atoms with Crippen LogP contribution < -0.4 is 11.1 Å². The van der Waals surface area contributed by atoms with Crippen LogP contribution in [-0.2, 0) is 4.79 Å². The summed E-state index contributed by atoms with van der Waals surface area (Å²) in [6.45, 7) is 2.06. The number of anilines is 1. The Balaban J connectivity index is 1.98. The van der Waals surface area contributed by atoms with Gasteiger partial charge in [0.05, 0.1) is 10.2 Å². The first kappa shape index (κ1) is 13.0. The van der Waals surface area contributed by atoms with Gasteiger partial charge in [-0.1, -0.05) is 36.8 Å². The highest BCUT2D eigenvalue weighted by Gasteiger charge is 2.11. The molecule has 0 spiro atoms. The van der Waals surface area contributed by atoms with E-state index in [0.717, 1.165) is 23.1 Å². The van der Waals surface area contributed by atoms with Gasteiger partial charge in [-0.2, -0.15) is 0 Å². The van der Waals surface area contributed by atoms with Gasteiger partial charge in [0.25, 0.3) is 0 Å². The van der Waals surface area contributed by atoms with Crippen molar-refractivity contribution in [3.63, 3.8) is 0 Å². The first-order valence-electron chi connectivity index (χ1n) is 6.10. The van der Waals surface area contributed by atoms with E-state index in [2.05, 4.69) is 17.2 Å². The van der Waals surface area contributed by atoms with Gasteiger partial charge in [-0.15, -0.1) is 0 Å². The van der Waals surface area contributed by atoms with Gasteiger partial charge in [-0.05, 0) is 18.6 Å². The van der Waals surface area contributed by atoms with Gasteiger partial charge < -0.3 is 11.1 Å². The maximum absolute atomic E-state index is 11.8. The molecule has 0 aliphatic heterocycles. The molecule has 1 atom stereocenters. The Morgan fingerprint density at radius 2 is 2.28 bits per heavy atom. The van der Waals surface area contributed by atoms with Crippen molar-refractivity contribution in [2.75, 3.05) is 5.32 Å². The molecule has 0 aliphatic rings. The van der Waals surface area contributed by atoms with E-state index in [1.54, 1.807) is 0 Å². The van der Waals surface area contributed by atoms with Crippen molar-refractivity contribution in [2.24, 2.45) is 5.73 Å². The summed E-state index contributed by atoms with van der Waals surface area (Å²) in [6, 6.07) is 7.76. The van der Waals surface area contributed by atoms with Crippen molar-refractivity contribution in [1.82, 2.24) is 4.98 Å². The third kappa shape index (κ3) is 3.27. The highest BCUT2D eigenvalue weighted by atomic mass is 32.1. The predicted molar refractivity (Wildman–Crippen MR) is 75.8 cm³/mol. The number of nitrogens with one attached hydrogen (secondary N) is 1. The fourth-order valence-electron chi connectivity index (χ4n) is 1.81. The molecule has 4 nitrogen and oxygen atoms in total. The van der Waals surface area contributed by atoms with Gasteiger partial charge >= 0.3 is 0 Å². The average molecular weight is 263 g/mol. The second-order valence-electron chi connectivity index (χ2n) is 4.29. The van der Waals surface area contributed by atoms with Crippen LogP contribution in [0.5, 0.6) is 0 Å². The monoisotopic (exact) mass is 263 g/mol. The fourth-order valence-corrected chi connectivity index (χ4v) is 2.69. The molecule has 1 aromatic carbocycles. The van der Waals surface area contributed by atoms with Crippen molar-refractivity contribution in [3.05, 3.63) is 24.3 Å².